The topological polar surface area (TPSA) is 36.4 Å². The molecule has 1 aliphatic heterocycles. The second kappa shape index (κ2) is 5.18. The fourth-order valence-corrected chi connectivity index (χ4v) is 4.10. The van der Waals surface area contributed by atoms with Crippen molar-refractivity contribution in [2.45, 2.75) is 44.4 Å². The highest BCUT2D eigenvalue weighted by atomic mass is 32.1. The van der Waals surface area contributed by atoms with E-state index in [1.807, 2.05) is 0 Å². The van der Waals surface area contributed by atoms with E-state index in [0.29, 0.717) is 18.1 Å². The molecule has 2 atom stereocenters. The van der Waals surface area contributed by atoms with Gasteiger partial charge in [0.2, 0.25) is 0 Å². The van der Waals surface area contributed by atoms with Crippen LogP contribution in [0.25, 0.3) is 0 Å². The summed E-state index contributed by atoms with van der Waals surface area (Å²) < 4.78 is 38.5. The zero-order valence-electron chi connectivity index (χ0n) is 11.0. The Morgan fingerprint density at radius 2 is 2.05 bits per heavy atom. The average molecular weight is 306 g/mol. The monoisotopic (exact) mass is 306 g/mol. The first kappa shape index (κ1) is 14.1. The normalized spacial score (nSPS) is 27.5. The van der Waals surface area contributed by atoms with Crippen molar-refractivity contribution in [2.24, 2.45) is 5.92 Å². The predicted octanol–water partition coefficient (Wildman–Crippen LogP) is 3.29. The largest absolute Gasteiger partial charge is 0.393 e. The van der Waals surface area contributed by atoms with Crippen LogP contribution in [0, 0.1) is 5.92 Å². The summed E-state index contributed by atoms with van der Waals surface area (Å²) >= 11 is 1.36. The molecule has 0 amide bonds. The lowest BCUT2D eigenvalue weighted by molar-refractivity contribution is -0.175. The SMILES string of the molecule is OC1CCCc2nc(N3CCCC(C(F)(F)F)C3)sc21. The second-order valence-corrected chi connectivity index (χ2v) is 6.55. The molecule has 20 heavy (non-hydrogen) atoms. The van der Waals surface area contributed by atoms with Crippen molar-refractivity contribution < 1.29 is 18.3 Å². The molecule has 0 bridgehead atoms. The van der Waals surface area contributed by atoms with Crippen molar-refractivity contribution in [1.29, 1.82) is 0 Å². The maximum atomic E-state index is 12.8. The van der Waals surface area contributed by atoms with Gasteiger partial charge >= 0.3 is 6.18 Å². The first-order valence-electron chi connectivity index (χ1n) is 6.94. The van der Waals surface area contributed by atoms with E-state index in [2.05, 4.69) is 4.98 Å². The standard InChI is InChI=1S/C13H17F3N2OS/c14-13(15,16)8-3-2-6-18(7-8)12-17-9-4-1-5-10(19)11(9)20-12/h8,10,19H,1-7H2. The number of rotatable bonds is 1. The van der Waals surface area contributed by atoms with Gasteiger partial charge in [0.05, 0.1) is 22.6 Å². The number of piperidine rings is 1. The highest BCUT2D eigenvalue weighted by molar-refractivity contribution is 7.15. The third kappa shape index (κ3) is 2.65. The zero-order valence-corrected chi connectivity index (χ0v) is 11.8. The van der Waals surface area contributed by atoms with E-state index in [4.69, 9.17) is 0 Å². The summed E-state index contributed by atoms with van der Waals surface area (Å²) in [7, 11) is 0. The number of nitrogens with zero attached hydrogens (tertiary/aromatic N) is 2. The molecule has 0 spiro atoms. The van der Waals surface area contributed by atoms with Crippen LogP contribution < -0.4 is 4.90 Å². The molecule has 0 saturated carbocycles. The summed E-state index contributed by atoms with van der Waals surface area (Å²) in [5, 5.41) is 10.6. The molecular weight excluding hydrogens is 289 g/mol. The third-order valence-electron chi connectivity index (χ3n) is 4.06. The maximum absolute atomic E-state index is 12.8. The second-order valence-electron chi connectivity index (χ2n) is 5.54. The average Bonchev–Trinajstić information content (AvgIpc) is 2.83. The van der Waals surface area contributed by atoms with Gasteiger partial charge in [0.15, 0.2) is 5.13 Å². The molecule has 1 aromatic heterocycles. The first-order valence-corrected chi connectivity index (χ1v) is 7.76. The van der Waals surface area contributed by atoms with Crippen LogP contribution in [0.3, 0.4) is 0 Å². The highest BCUT2D eigenvalue weighted by Gasteiger charge is 2.42. The Bertz CT molecular complexity index is 488. The molecule has 1 aliphatic carbocycles. The Balaban J connectivity index is 1.79. The number of fused-ring (bicyclic) bond motifs is 1. The third-order valence-corrected chi connectivity index (χ3v) is 5.32. The van der Waals surface area contributed by atoms with Crippen LogP contribution in [0.5, 0.6) is 0 Å². The lowest BCUT2D eigenvalue weighted by Gasteiger charge is -2.33. The summed E-state index contributed by atoms with van der Waals surface area (Å²) in [5.74, 6) is -1.26. The molecular formula is C13H17F3N2OS. The van der Waals surface area contributed by atoms with Crippen LogP contribution in [0.4, 0.5) is 18.3 Å². The Labute approximate surface area is 119 Å². The van der Waals surface area contributed by atoms with Crippen molar-refractivity contribution in [3.8, 4) is 0 Å². The van der Waals surface area contributed by atoms with Crippen molar-refractivity contribution >= 4 is 16.5 Å². The molecule has 1 aromatic rings. The Morgan fingerprint density at radius 1 is 1.25 bits per heavy atom. The Morgan fingerprint density at radius 3 is 2.75 bits per heavy atom. The number of hydrogen-bond acceptors (Lipinski definition) is 4. The number of hydrogen-bond donors (Lipinski definition) is 1. The molecule has 2 aliphatic rings. The van der Waals surface area contributed by atoms with Crippen LogP contribution in [-0.2, 0) is 6.42 Å². The number of alkyl halides is 3. The molecule has 112 valence electrons. The number of thiazole rings is 1. The smallest absolute Gasteiger partial charge is 0.388 e. The minimum absolute atomic E-state index is 0.00795. The van der Waals surface area contributed by atoms with Gasteiger partial charge in [-0.1, -0.05) is 11.3 Å². The van der Waals surface area contributed by atoms with Crippen LogP contribution >= 0.6 is 11.3 Å². The van der Waals surface area contributed by atoms with Gasteiger partial charge in [0.25, 0.3) is 0 Å². The van der Waals surface area contributed by atoms with Crippen molar-refractivity contribution in [2.75, 3.05) is 18.0 Å². The van der Waals surface area contributed by atoms with Gasteiger partial charge in [-0.2, -0.15) is 13.2 Å². The predicted molar refractivity (Wildman–Crippen MR) is 71.0 cm³/mol. The van der Waals surface area contributed by atoms with Gasteiger partial charge in [0.1, 0.15) is 0 Å². The Kier molecular flexibility index (Phi) is 3.66. The number of halogens is 3. The molecule has 7 heteroatoms. The van der Waals surface area contributed by atoms with E-state index >= 15 is 0 Å². The molecule has 1 fully saturated rings. The molecule has 1 N–H and O–H groups in total. The summed E-state index contributed by atoms with van der Waals surface area (Å²) in [6.45, 7) is 0.612. The molecule has 3 rings (SSSR count). The number of aryl methyl sites for hydroxylation is 1. The van der Waals surface area contributed by atoms with E-state index in [-0.39, 0.29) is 13.0 Å². The van der Waals surface area contributed by atoms with E-state index in [0.717, 1.165) is 29.8 Å². The van der Waals surface area contributed by atoms with Gasteiger partial charge in [-0.25, -0.2) is 4.98 Å². The summed E-state index contributed by atoms with van der Waals surface area (Å²) in [4.78, 5) is 7.04. The van der Waals surface area contributed by atoms with E-state index in [1.165, 1.54) is 11.3 Å². The Hall–Kier alpha value is -0.820. The minimum atomic E-state index is -4.13. The minimum Gasteiger partial charge on any atom is -0.388 e. The summed E-state index contributed by atoms with van der Waals surface area (Å²) in [5.41, 5.74) is 0.873. The number of anilines is 1. The highest BCUT2D eigenvalue weighted by Crippen LogP contribution is 2.40. The summed E-state index contributed by atoms with van der Waals surface area (Å²) in [6, 6.07) is 0. The van der Waals surface area contributed by atoms with Crippen molar-refractivity contribution in [3.63, 3.8) is 0 Å². The van der Waals surface area contributed by atoms with Gasteiger partial charge in [-0.15, -0.1) is 0 Å². The molecule has 0 aromatic carbocycles. The fourth-order valence-electron chi connectivity index (χ4n) is 2.94. The lowest BCUT2D eigenvalue weighted by Crippen LogP contribution is -2.41. The van der Waals surface area contributed by atoms with Crippen molar-refractivity contribution in [3.05, 3.63) is 10.6 Å². The van der Waals surface area contributed by atoms with Crippen molar-refractivity contribution in [1.82, 2.24) is 4.98 Å². The fraction of sp³-hybridized carbons (Fsp3) is 0.769. The van der Waals surface area contributed by atoms with Gasteiger partial charge in [-0.05, 0) is 32.1 Å². The van der Waals surface area contributed by atoms with Crippen LogP contribution in [0.2, 0.25) is 0 Å². The molecule has 2 heterocycles. The molecule has 3 nitrogen and oxygen atoms in total. The van der Waals surface area contributed by atoms with Crippen LogP contribution in [-0.4, -0.2) is 29.4 Å². The number of aliphatic hydroxyl groups excluding tert-OH is 1. The zero-order chi connectivity index (χ0) is 14.3. The first-order chi connectivity index (χ1) is 9.45. The van der Waals surface area contributed by atoms with Gasteiger partial charge in [0, 0.05) is 13.1 Å². The maximum Gasteiger partial charge on any atom is 0.393 e. The molecule has 2 unspecified atom stereocenters. The number of aromatic nitrogens is 1. The molecule has 1 saturated heterocycles. The number of aliphatic hydroxyl groups is 1. The van der Waals surface area contributed by atoms with Gasteiger partial charge < -0.3 is 10.0 Å². The molecule has 0 radical (unpaired) electrons. The van der Waals surface area contributed by atoms with Crippen LogP contribution in [0.1, 0.15) is 42.4 Å². The van der Waals surface area contributed by atoms with E-state index in [1.54, 1.807) is 4.90 Å². The lowest BCUT2D eigenvalue weighted by atomic mass is 9.98. The quantitative estimate of drug-likeness (QED) is 0.865. The van der Waals surface area contributed by atoms with E-state index in [9.17, 15) is 18.3 Å². The van der Waals surface area contributed by atoms with Crippen LogP contribution in [0.15, 0.2) is 0 Å². The van der Waals surface area contributed by atoms with Gasteiger partial charge in [-0.3, -0.25) is 0 Å². The summed E-state index contributed by atoms with van der Waals surface area (Å²) in [6.07, 6.45) is -1.45. The van der Waals surface area contributed by atoms with E-state index < -0.39 is 18.2 Å².